The molecule has 2 atom stereocenters. The Kier molecular flexibility index (Phi) is 4.00. The van der Waals surface area contributed by atoms with Crippen molar-refractivity contribution in [2.24, 2.45) is 5.73 Å². The van der Waals surface area contributed by atoms with Crippen LogP contribution in [0.25, 0.3) is 0 Å². The van der Waals surface area contributed by atoms with Gasteiger partial charge in [0.25, 0.3) is 0 Å². The molecular weight excluding hydrogens is 268 g/mol. The van der Waals surface area contributed by atoms with E-state index in [1.54, 1.807) is 4.90 Å². The Bertz CT molecular complexity index is 466. The Balaban J connectivity index is 2.23. The Labute approximate surface area is 115 Å². The van der Waals surface area contributed by atoms with Gasteiger partial charge in [-0.05, 0) is 0 Å². The number of rotatable bonds is 3. The highest BCUT2D eigenvalue weighted by molar-refractivity contribution is 6.04. The minimum Gasteiger partial charge on any atom is -0.468 e. The zero-order valence-electron chi connectivity index (χ0n) is 11.0. The van der Waals surface area contributed by atoms with Gasteiger partial charge in [-0.15, -0.1) is 0 Å². The van der Waals surface area contributed by atoms with Crippen molar-refractivity contribution in [2.75, 3.05) is 33.3 Å². The second-order valence-electron chi connectivity index (χ2n) is 4.72. The van der Waals surface area contributed by atoms with Crippen LogP contribution in [0.1, 0.15) is 0 Å². The maximum atomic E-state index is 11.9. The predicted octanol–water partition coefficient (Wildman–Crippen LogP) is -3.34. The van der Waals surface area contributed by atoms with Gasteiger partial charge in [-0.25, -0.2) is 0 Å². The zero-order chi connectivity index (χ0) is 14.9. The third-order valence-corrected chi connectivity index (χ3v) is 3.49. The first kappa shape index (κ1) is 14.4. The molecule has 0 bridgehead atoms. The highest BCUT2D eigenvalue weighted by Crippen LogP contribution is 2.19. The maximum absolute atomic E-state index is 11.9. The quantitative estimate of drug-likeness (QED) is 0.410. The van der Waals surface area contributed by atoms with Gasteiger partial charge >= 0.3 is 5.97 Å². The van der Waals surface area contributed by atoms with E-state index in [-0.39, 0.29) is 13.1 Å². The second-order valence-corrected chi connectivity index (χ2v) is 4.72. The molecule has 110 valence electrons. The average Bonchev–Trinajstić information content (AvgIpc) is 2.38. The first-order valence-electron chi connectivity index (χ1n) is 6.12. The molecule has 0 aromatic carbocycles. The van der Waals surface area contributed by atoms with Crippen LogP contribution in [0.4, 0.5) is 0 Å². The van der Waals surface area contributed by atoms with E-state index in [9.17, 15) is 19.2 Å². The average molecular weight is 284 g/mol. The van der Waals surface area contributed by atoms with Gasteiger partial charge in [-0.1, -0.05) is 0 Å². The van der Waals surface area contributed by atoms with Crippen LogP contribution >= 0.6 is 0 Å². The molecule has 2 aliphatic heterocycles. The van der Waals surface area contributed by atoms with Gasteiger partial charge in [0.1, 0.15) is 12.1 Å². The van der Waals surface area contributed by atoms with Crippen LogP contribution in [-0.2, 0) is 23.9 Å². The van der Waals surface area contributed by atoms with Gasteiger partial charge < -0.3 is 10.5 Å². The lowest BCUT2D eigenvalue weighted by Crippen LogP contribution is -2.72. The van der Waals surface area contributed by atoms with Gasteiger partial charge in [0.05, 0.1) is 20.2 Å². The second kappa shape index (κ2) is 5.55. The SMILES string of the molecule is COC(=O)CN1CCN2CC(=O)NC(=O)[C@@H]2[C@@H]1C(N)=O. The highest BCUT2D eigenvalue weighted by Gasteiger charge is 2.47. The van der Waals surface area contributed by atoms with Crippen molar-refractivity contribution in [2.45, 2.75) is 12.1 Å². The van der Waals surface area contributed by atoms with E-state index in [1.807, 2.05) is 0 Å². The zero-order valence-corrected chi connectivity index (χ0v) is 11.0. The monoisotopic (exact) mass is 284 g/mol. The van der Waals surface area contributed by atoms with Crippen LogP contribution in [-0.4, -0.2) is 78.9 Å². The topological polar surface area (TPSA) is 122 Å². The number of piperazine rings is 2. The van der Waals surface area contributed by atoms with Gasteiger partial charge in [0.2, 0.25) is 17.7 Å². The van der Waals surface area contributed by atoms with E-state index in [2.05, 4.69) is 10.1 Å². The Morgan fingerprint density at radius 3 is 2.70 bits per heavy atom. The van der Waals surface area contributed by atoms with E-state index in [0.717, 1.165) is 0 Å². The molecule has 0 saturated carbocycles. The molecule has 0 spiro atoms. The lowest BCUT2D eigenvalue weighted by Gasteiger charge is -2.46. The number of nitrogens with two attached hydrogens (primary N) is 1. The van der Waals surface area contributed by atoms with Gasteiger partial charge in [-0.3, -0.25) is 34.3 Å². The molecule has 0 radical (unpaired) electrons. The lowest BCUT2D eigenvalue weighted by molar-refractivity contribution is -0.154. The molecule has 0 aromatic heterocycles. The minimum absolute atomic E-state index is 0.0340. The first-order valence-corrected chi connectivity index (χ1v) is 6.12. The molecule has 0 aromatic rings. The molecule has 3 amide bonds. The molecule has 0 aliphatic carbocycles. The fourth-order valence-electron chi connectivity index (χ4n) is 2.60. The smallest absolute Gasteiger partial charge is 0.319 e. The number of hydrogen-bond acceptors (Lipinski definition) is 7. The minimum atomic E-state index is -0.962. The summed E-state index contributed by atoms with van der Waals surface area (Å²) in [4.78, 5) is 49.4. The van der Waals surface area contributed by atoms with Crippen molar-refractivity contribution in [3.05, 3.63) is 0 Å². The summed E-state index contributed by atoms with van der Waals surface area (Å²) in [7, 11) is 1.24. The molecule has 2 fully saturated rings. The summed E-state index contributed by atoms with van der Waals surface area (Å²) in [6.07, 6.45) is 0. The summed E-state index contributed by atoms with van der Waals surface area (Å²) in [5.74, 6) is -2.21. The van der Waals surface area contributed by atoms with Crippen LogP contribution in [0, 0.1) is 0 Å². The predicted molar refractivity (Wildman–Crippen MR) is 65.1 cm³/mol. The van der Waals surface area contributed by atoms with E-state index in [4.69, 9.17) is 5.73 Å². The van der Waals surface area contributed by atoms with E-state index in [1.165, 1.54) is 12.0 Å². The summed E-state index contributed by atoms with van der Waals surface area (Å²) >= 11 is 0. The lowest BCUT2D eigenvalue weighted by atomic mass is 9.97. The van der Waals surface area contributed by atoms with Crippen molar-refractivity contribution in [3.8, 4) is 0 Å². The fraction of sp³-hybridized carbons (Fsp3) is 0.636. The number of amides is 3. The van der Waals surface area contributed by atoms with Crippen molar-refractivity contribution >= 4 is 23.7 Å². The standard InChI is InChI=1S/C11H16N4O5/c1-20-7(17)5-15-3-2-14-4-6(16)13-11(19)9(14)8(15)10(12)18/h8-9H,2-5H2,1H3,(H2,12,18)(H,13,16,19)/t8-,9+/m1/s1. The van der Waals surface area contributed by atoms with Gasteiger partial charge in [0.15, 0.2) is 0 Å². The van der Waals surface area contributed by atoms with Gasteiger partial charge in [0, 0.05) is 13.1 Å². The van der Waals surface area contributed by atoms with Gasteiger partial charge in [-0.2, -0.15) is 0 Å². The Morgan fingerprint density at radius 1 is 1.40 bits per heavy atom. The maximum Gasteiger partial charge on any atom is 0.319 e. The number of fused-ring (bicyclic) bond motifs is 1. The molecule has 20 heavy (non-hydrogen) atoms. The van der Waals surface area contributed by atoms with Crippen molar-refractivity contribution in [1.29, 1.82) is 0 Å². The van der Waals surface area contributed by atoms with Crippen LogP contribution in [0.15, 0.2) is 0 Å². The molecule has 3 N–H and O–H groups in total. The number of carbonyl (C=O) groups excluding carboxylic acids is 4. The van der Waals surface area contributed by atoms with Crippen LogP contribution in [0.5, 0.6) is 0 Å². The fourth-order valence-corrected chi connectivity index (χ4v) is 2.60. The van der Waals surface area contributed by atoms with E-state index >= 15 is 0 Å². The third kappa shape index (κ3) is 2.63. The highest BCUT2D eigenvalue weighted by atomic mass is 16.5. The van der Waals surface area contributed by atoms with E-state index < -0.39 is 35.8 Å². The molecule has 2 aliphatic rings. The molecule has 2 rings (SSSR count). The van der Waals surface area contributed by atoms with Crippen LogP contribution < -0.4 is 11.1 Å². The number of ether oxygens (including phenoxy) is 1. The normalized spacial score (nSPS) is 27.6. The third-order valence-electron chi connectivity index (χ3n) is 3.49. The van der Waals surface area contributed by atoms with Crippen LogP contribution in [0.2, 0.25) is 0 Å². The van der Waals surface area contributed by atoms with Crippen molar-refractivity contribution in [3.63, 3.8) is 0 Å². The van der Waals surface area contributed by atoms with E-state index in [0.29, 0.717) is 13.1 Å². The Morgan fingerprint density at radius 2 is 2.10 bits per heavy atom. The number of imide groups is 1. The number of esters is 1. The number of hydrogen-bond donors (Lipinski definition) is 2. The molecule has 0 unspecified atom stereocenters. The largest absolute Gasteiger partial charge is 0.468 e. The molecule has 2 saturated heterocycles. The molecule has 9 heteroatoms. The van der Waals surface area contributed by atoms with Crippen molar-refractivity contribution < 1.29 is 23.9 Å². The Hall–Kier alpha value is -2.00. The number of nitrogens with one attached hydrogen (secondary N) is 1. The van der Waals surface area contributed by atoms with Crippen LogP contribution in [0.3, 0.4) is 0 Å². The summed E-state index contributed by atoms with van der Waals surface area (Å²) < 4.78 is 4.56. The number of primary amides is 1. The number of nitrogens with zero attached hydrogens (tertiary/aromatic N) is 2. The first-order chi connectivity index (χ1) is 9.43. The van der Waals surface area contributed by atoms with Crippen molar-refractivity contribution in [1.82, 2.24) is 15.1 Å². The summed E-state index contributed by atoms with van der Waals surface area (Å²) in [6, 6.07) is -1.82. The molecular formula is C11H16N4O5. The summed E-state index contributed by atoms with van der Waals surface area (Å²) in [5, 5.41) is 2.18. The summed E-state index contributed by atoms with van der Waals surface area (Å²) in [6.45, 7) is 0.645. The summed E-state index contributed by atoms with van der Waals surface area (Å²) in [5.41, 5.74) is 5.35. The number of carbonyl (C=O) groups is 4. The molecule has 9 nitrogen and oxygen atoms in total. The molecule has 2 heterocycles. The number of methoxy groups -OCH3 is 1.